The molecule has 0 radical (unpaired) electrons. The zero-order chi connectivity index (χ0) is 44.8. The number of rotatable bonds is 11. The van der Waals surface area contributed by atoms with Gasteiger partial charge in [0.25, 0.3) is 0 Å². The van der Waals surface area contributed by atoms with Crippen LogP contribution in [0.4, 0.5) is 0 Å². The standard InChI is InChI=1S/C43H47N3O16S/c1-18-12-27(48)45(39(18)54)8-9-46-28(49)14-25(40(46)55)63-17-26(47)43(56)15-21-31(37(53)33-32(35(21)51)34(50)20-6-5-7-23(57-3)30(20)36(33)52)24(16-43)61-29-13-22-38(19(2)60-29)62-41-42(58-4)59-11-10-44(22)41/h5-7,18-19,22,24-25,29,38,41-42,51,53,56H,8-17H2,1-4H3/t18?,19-,22-,24-,25?,29-,38+,41+,42-,43-/m0/s1. The van der Waals surface area contributed by atoms with Crippen LogP contribution in [-0.4, -0.2) is 165 Å². The molecule has 5 fully saturated rings. The lowest BCUT2D eigenvalue weighted by molar-refractivity contribution is -0.256. The molecule has 3 N–H and O–H groups in total. The highest BCUT2D eigenvalue weighted by molar-refractivity contribution is 8.01. The van der Waals surface area contributed by atoms with Crippen molar-refractivity contribution in [3.8, 4) is 17.2 Å². The maximum absolute atomic E-state index is 14.3. The summed E-state index contributed by atoms with van der Waals surface area (Å²) in [5.41, 5.74) is -3.83. The molecule has 2 aromatic carbocycles. The number of nitrogens with zero attached hydrogens (tertiary/aromatic N) is 3. The molecule has 4 amide bonds. The molecular weight excluding hydrogens is 847 g/mol. The number of hydrogen-bond donors (Lipinski definition) is 3. The molecule has 0 saturated carbocycles. The number of likely N-dealkylation sites (tertiary alicyclic amines) is 2. The molecule has 0 bridgehead atoms. The molecule has 2 aliphatic carbocycles. The van der Waals surface area contributed by atoms with E-state index in [4.69, 9.17) is 28.4 Å². The van der Waals surface area contributed by atoms with Crippen LogP contribution in [0, 0.1) is 5.92 Å². The van der Waals surface area contributed by atoms with Crippen molar-refractivity contribution in [3.05, 3.63) is 51.6 Å². The fraction of sp³-hybridized carbons (Fsp3) is 0.558. The van der Waals surface area contributed by atoms with Gasteiger partial charge in [-0.15, -0.1) is 11.8 Å². The first-order chi connectivity index (χ1) is 30.1. The summed E-state index contributed by atoms with van der Waals surface area (Å²) >= 11 is 0.831. The van der Waals surface area contributed by atoms with Gasteiger partial charge in [0.1, 0.15) is 29.0 Å². The predicted octanol–water partition coefficient (Wildman–Crippen LogP) is 0.975. The summed E-state index contributed by atoms with van der Waals surface area (Å²) in [4.78, 5) is 97.7. The summed E-state index contributed by atoms with van der Waals surface area (Å²) in [5, 5.41) is 35.4. The van der Waals surface area contributed by atoms with E-state index in [9.17, 15) is 48.9 Å². The molecule has 2 aromatic rings. The van der Waals surface area contributed by atoms with Crippen LogP contribution in [0.1, 0.15) is 88.6 Å². The average Bonchev–Trinajstić information content (AvgIpc) is 3.86. The number of imide groups is 2. The number of phenolic OH excluding ortho intramolecular Hbond substituents is 2. The molecule has 63 heavy (non-hydrogen) atoms. The summed E-state index contributed by atoms with van der Waals surface area (Å²) in [6, 6.07) is 4.13. The highest BCUT2D eigenvalue weighted by Gasteiger charge is 2.55. The number of methoxy groups -OCH3 is 2. The summed E-state index contributed by atoms with van der Waals surface area (Å²) in [7, 11) is 2.84. The SMILES string of the molecule is COc1cccc2c1C(=O)c1c(O)c3c(c(O)c1C2=O)C[C@@](O)(C(=O)CSC1CC(=O)N(CCN2C(=O)CC(C)C2=O)C1=O)C[C@@H]3O[C@H]1C[C@H]2[C@H](O[C@@H]3[C@@H](OC)OCCN32)[C@H](C)O1. The minimum atomic E-state index is -2.33. The molecule has 5 aliphatic heterocycles. The number of amides is 4. The van der Waals surface area contributed by atoms with Crippen LogP contribution < -0.4 is 4.74 Å². The number of carbonyl (C=O) groups excluding carboxylic acids is 7. The molecule has 10 atom stereocenters. The van der Waals surface area contributed by atoms with Gasteiger partial charge < -0.3 is 43.7 Å². The number of Topliss-reactive ketones (excluding diaryl/α,β-unsaturated/α-hetero) is 1. The molecule has 20 heteroatoms. The van der Waals surface area contributed by atoms with Crippen LogP contribution in [0.25, 0.3) is 0 Å². The van der Waals surface area contributed by atoms with Crippen LogP contribution in [0.3, 0.4) is 0 Å². The van der Waals surface area contributed by atoms with Gasteiger partial charge >= 0.3 is 0 Å². The van der Waals surface area contributed by atoms with Crippen LogP contribution in [0.5, 0.6) is 17.2 Å². The number of benzene rings is 2. The normalized spacial score (nSPS) is 32.7. The fourth-order valence-corrected chi connectivity index (χ4v) is 11.3. The topological polar surface area (TPSA) is 245 Å². The maximum Gasteiger partial charge on any atom is 0.242 e. The number of fused-ring (bicyclic) bond motifs is 6. The van der Waals surface area contributed by atoms with Gasteiger partial charge in [-0.2, -0.15) is 0 Å². The largest absolute Gasteiger partial charge is 0.507 e. The van der Waals surface area contributed by atoms with Gasteiger partial charge in [0.05, 0.1) is 53.6 Å². The summed E-state index contributed by atoms with van der Waals surface area (Å²) in [6.45, 7) is 3.98. The van der Waals surface area contributed by atoms with Crippen molar-refractivity contribution in [2.75, 3.05) is 46.2 Å². The Morgan fingerprint density at radius 2 is 1.63 bits per heavy atom. The zero-order valence-electron chi connectivity index (χ0n) is 34.9. The Kier molecular flexibility index (Phi) is 11.3. The first-order valence-corrected chi connectivity index (χ1v) is 21.9. The van der Waals surface area contributed by atoms with E-state index in [1.54, 1.807) is 13.8 Å². The predicted molar refractivity (Wildman–Crippen MR) is 215 cm³/mol. The van der Waals surface area contributed by atoms with Gasteiger partial charge in [0.2, 0.25) is 29.4 Å². The van der Waals surface area contributed by atoms with Crippen molar-refractivity contribution >= 4 is 52.7 Å². The Bertz CT molecular complexity index is 2340. The van der Waals surface area contributed by atoms with Gasteiger partial charge in [0.15, 0.2) is 30.4 Å². The number of ether oxygens (including phenoxy) is 6. The highest BCUT2D eigenvalue weighted by atomic mass is 32.2. The summed E-state index contributed by atoms with van der Waals surface area (Å²) in [5.74, 6) is -6.61. The third-order valence-corrected chi connectivity index (χ3v) is 14.5. The lowest BCUT2D eigenvalue weighted by atomic mass is 9.72. The summed E-state index contributed by atoms with van der Waals surface area (Å²) in [6.07, 6.45) is -5.66. The molecule has 9 rings (SSSR count). The molecule has 5 heterocycles. The molecule has 2 unspecified atom stereocenters. The monoisotopic (exact) mass is 893 g/mol. The van der Waals surface area contributed by atoms with Gasteiger partial charge in [-0.05, 0) is 13.0 Å². The van der Waals surface area contributed by atoms with Crippen molar-refractivity contribution < 1.29 is 77.3 Å². The first-order valence-electron chi connectivity index (χ1n) is 20.9. The van der Waals surface area contributed by atoms with Crippen LogP contribution >= 0.6 is 11.8 Å². The van der Waals surface area contributed by atoms with E-state index >= 15 is 0 Å². The zero-order valence-corrected chi connectivity index (χ0v) is 35.7. The third-order valence-electron chi connectivity index (χ3n) is 13.3. The van der Waals surface area contributed by atoms with E-state index in [1.807, 2.05) is 0 Å². The Labute approximate surface area is 364 Å². The molecular formula is C43H47N3O16S. The molecule has 0 spiro atoms. The van der Waals surface area contributed by atoms with Crippen LogP contribution in [-0.2, 0) is 54.1 Å². The van der Waals surface area contributed by atoms with Crippen molar-refractivity contribution in [1.82, 2.24) is 14.7 Å². The van der Waals surface area contributed by atoms with E-state index in [2.05, 4.69) is 4.90 Å². The number of morpholine rings is 1. The minimum Gasteiger partial charge on any atom is -0.507 e. The van der Waals surface area contributed by atoms with Gasteiger partial charge in [-0.1, -0.05) is 19.1 Å². The second-order valence-electron chi connectivity index (χ2n) is 17.0. The fourth-order valence-electron chi connectivity index (χ4n) is 10.2. The van der Waals surface area contributed by atoms with E-state index in [1.165, 1.54) is 32.4 Å². The second kappa shape index (κ2) is 16.3. The van der Waals surface area contributed by atoms with Gasteiger partial charge in [0, 0.05) is 87.5 Å². The van der Waals surface area contributed by atoms with Gasteiger partial charge in [-0.25, -0.2) is 0 Å². The Balaban J connectivity index is 1.00. The Morgan fingerprint density at radius 1 is 0.921 bits per heavy atom. The smallest absolute Gasteiger partial charge is 0.242 e. The van der Waals surface area contributed by atoms with E-state index in [0.717, 1.165) is 21.6 Å². The minimum absolute atomic E-state index is 0.0466. The van der Waals surface area contributed by atoms with Crippen molar-refractivity contribution in [2.24, 2.45) is 5.92 Å². The molecule has 7 aliphatic rings. The highest BCUT2D eigenvalue weighted by Crippen LogP contribution is 2.53. The maximum atomic E-state index is 14.3. The number of carbonyl (C=O) groups is 7. The van der Waals surface area contributed by atoms with Crippen molar-refractivity contribution in [2.45, 2.75) is 100.0 Å². The van der Waals surface area contributed by atoms with Gasteiger partial charge in [-0.3, -0.25) is 48.3 Å². The van der Waals surface area contributed by atoms with Crippen LogP contribution in [0.15, 0.2) is 18.2 Å². The van der Waals surface area contributed by atoms with E-state index in [0.29, 0.717) is 13.2 Å². The molecule has 19 nitrogen and oxygen atoms in total. The number of phenols is 2. The lowest BCUT2D eigenvalue weighted by Gasteiger charge is -2.43. The number of aliphatic hydroxyl groups is 1. The molecule has 5 saturated heterocycles. The first kappa shape index (κ1) is 43.5. The number of aromatic hydroxyl groups is 2. The average molecular weight is 894 g/mol. The van der Waals surface area contributed by atoms with E-state index < -0.39 is 124 Å². The number of thioether (sulfide) groups is 1. The quantitative estimate of drug-likeness (QED) is 0.179. The number of ketones is 3. The Morgan fingerprint density at radius 3 is 2.33 bits per heavy atom. The van der Waals surface area contributed by atoms with Crippen molar-refractivity contribution in [1.29, 1.82) is 0 Å². The Hall–Kier alpha value is -4.80. The van der Waals surface area contributed by atoms with Crippen LogP contribution in [0.2, 0.25) is 0 Å². The lowest BCUT2D eigenvalue weighted by Crippen LogP contribution is -2.55. The molecule has 0 aromatic heterocycles. The third kappa shape index (κ3) is 7.05. The number of hydrogen-bond acceptors (Lipinski definition) is 18. The molecule has 336 valence electrons. The van der Waals surface area contributed by atoms with E-state index in [-0.39, 0.29) is 78.2 Å². The second-order valence-corrected chi connectivity index (χ2v) is 18.2. The summed E-state index contributed by atoms with van der Waals surface area (Å²) < 4.78 is 35.9. The van der Waals surface area contributed by atoms with Crippen molar-refractivity contribution in [3.63, 3.8) is 0 Å².